The second kappa shape index (κ2) is 8.94. The Bertz CT molecular complexity index is 867. The van der Waals surface area contributed by atoms with Gasteiger partial charge < -0.3 is 19.4 Å². The van der Waals surface area contributed by atoms with E-state index in [1.54, 1.807) is 0 Å². The fourth-order valence-electron chi connectivity index (χ4n) is 4.20. The number of carbonyl (C=O) groups is 1. The van der Waals surface area contributed by atoms with Crippen molar-refractivity contribution in [2.24, 2.45) is 0 Å². The molecule has 1 unspecified atom stereocenters. The smallest absolute Gasteiger partial charge is 0.410 e. The van der Waals surface area contributed by atoms with Crippen LogP contribution in [-0.2, 0) is 11.3 Å². The second-order valence-electron chi connectivity index (χ2n) is 9.45. The Balaban J connectivity index is 1.37. The number of rotatable bonds is 3. The summed E-state index contributed by atoms with van der Waals surface area (Å²) in [6, 6.07) is 6.54. The Kier molecular flexibility index (Phi) is 6.29. The molecule has 0 aliphatic carbocycles. The fourth-order valence-corrected chi connectivity index (χ4v) is 4.20. The van der Waals surface area contributed by atoms with Gasteiger partial charge in [0.05, 0.1) is 6.04 Å². The summed E-state index contributed by atoms with van der Waals surface area (Å²) in [6.45, 7) is 10.8. The molecule has 30 heavy (non-hydrogen) atoms. The molecule has 1 aromatic carbocycles. The molecule has 0 bridgehead atoms. The standard InChI is InChI=1S/C23H34N4O3/c1-23(2,3)30-22(28)27-12-6-11-26(13-14-27)16-17-8-9-20-19(15-17)25-21(29-20)18-7-4-5-10-24-18/h8-9,15,18,24H,4-7,10-14,16H2,1-3H3. The van der Waals surface area contributed by atoms with E-state index in [4.69, 9.17) is 14.1 Å². The van der Waals surface area contributed by atoms with Gasteiger partial charge in [-0.15, -0.1) is 0 Å². The molecule has 164 valence electrons. The maximum absolute atomic E-state index is 12.4. The third kappa shape index (κ3) is 5.32. The van der Waals surface area contributed by atoms with Gasteiger partial charge >= 0.3 is 6.09 Å². The molecule has 0 spiro atoms. The van der Waals surface area contributed by atoms with Crippen molar-refractivity contribution in [2.45, 2.75) is 64.6 Å². The first-order valence-electron chi connectivity index (χ1n) is 11.2. The van der Waals surface area contributed by atoms with E-state index >= 15 is 0 Å². The van der Waals surface area contributed by atoms with Crippen LogP contribution < -0.4 is 5.32 Å². The van der Waals surface area contributed by atoms with Crippen molar-refractivity contribution in [1.82, 2.24) is 20.1 Å². The molecule has 1 N–H and O–H groups in total. The van der Waals surface area contributed by atoms with Crippen LogP contribution in [0.1, 0.15) is 64.0 Å². The minimum atomic E-state index is -0.456. The van der Waals surface area contributed by atoms with Gasteiger partial charge in [0.2, 0.25) is 5.89 Å². The zero-order valence-corrected chi connectivity index (χ0v) is 18.4. The van der Waals surface area contributed by atoms with Gasteiger partial charge in [-0.3, -0.25) is 4.90 Å². The van der Waals surface area contributed by atoms with Crippen LogP contribution in [0.5, 0.6) is 0 Å². The van der Waals surface area contributed by atoms with E-state index in [2.05, 4.69) is 22.3 Å². The van der Waals surface area contributed by atoms with Crippen LogP contribution in [0.25, 0.3) is 11.1 Å². The summed E-state index contributed by atoms with van der Waals surface area (Å²) in [7, 11) is 0. The first kappa shape index (κ1) is 21.1. The molecule has 7 heteroatoms. The Morgan fingerprint density at radius 2 is 2.07 bits per heavy atom. The number of ether oxygens (including phenoxy) is 1. The summed E-state index contributed by atoms with van der Waals surface area (Å²) in [5.41, 5.74) is 2.56. The van der Waals surface area contributed by atoms with Crippen LogP contribution in [0.3, 0.4) is 0 Å². The van der Waals surface area contributed by atoms with Crippen molar-refractivity contribution in [2.75, 3.05) is 32.7 Å². The first-order valence-corrected chi connectivity index (χ1v) is 11.2. The number of hydrogen-bond acceptors (Lipinski definition) is 6. The molecular formula is C23H34N4O3. The number of nitrogens with one attached hydrogen (secondary N) is 1. The minimum Gasteiger partial charge on any atom is -0.444 e. The maximum atomic E-state index is 12.4. The summed E-state index contributed by atoms with van der Waals surface area (Å²) in [6.07, 6.45) is 4.26. The highest BCUT2D eigenvalue weighted by Crippen LogP contribution is 2.26. The van der Waals surface area contributed by atoms with Crippen molar-refractivity contribution >= 4 is 17.2 Å². The normalized spacial score (nSPS) is 21.6. The van der Waals surface area contributed by atoms with Crippen LogP contribution in [0.15, 0.2) is 22.6 Å². The molecule has 2 aliphatic heterocycles. The Morgan fingerprint density at radius 1 is 1.20 bits per heavy atom. The number of aromatic nitrogens is 1. The average molecular weight is 415 g/mol. The summed E-state index contributed by atoms with van der Waals surface area (Å²) in [5, 5.41) is 3.50. The molecule has 0 radical (unpaired) electrons. The molecular weight excluding hydrogens is 380 g/mol. The highest BCUT2D eigenvalue weighted by molar-refractivity contribution is 5.73. The lowest BCUT2D eigenvalue weighted by Crippen LogP contribution is -2.39. The van der Waals surface area contributed by atoms with Crippen molar-refractivity contribution in [3.63, 3.8) is 0 Å². The predicted octanol–water partition coefficient (Wildman–Crippen LogP) is 4.09. The van der Waals surface area contributed by atoms with Gasteiger partial charge in [-0.25, -0.2) is 9.78 Å². The quantitative estimate of drug-likeness (QED) is 0.816. The van der Waals surface area contributed by atoms with Crippen LogP contribution in [-0.4, -0.2) is 59.2 Å². The van der Waals surface area contributed by atoms with Gasteiger partial charge in [0.25, 0.3) is 0 Å². The lowest BCUT2D eigenvalue weighted by atomic mass is 10.1. The SMILES string of the molecule is CC(C)(C)OC(=O)N1CCCN(Cc2ccc3oc(C4CCCCN4)nc3c2)CC1. The number of hydrogen-bond donors (Lipinski definition) is 1. The Labute approximate surface area is 178 Å². The zero-order chi connectivity index (χ0) is 21.1. The van der Waals surface area contributed by atoms with Crippen LogP contribution in [0.4, 0.5) is 4.79 Å². The molecule has 1 amide bonds. The fraction of sp³-hybridized carbons (Fsp3) is 0.652. The van der Waals surface area contributed by atoms with E-state index in [0.717, 1.165) is 62.6 Å². The molecule has 2 saturated heterocycles. The number of carbonyl (C=O) groups excluding carboxylic acids is 1. The number of nitrogens with zero attached hydrogens (tertiary/aromatic N) is 3. The highest BCUT2D eigenvalue weighted by atomic mass is 16.6. The molecule has 7 nitrogen and oxygen atoms in total. The predicted molar refractivity (Wildman–Crippen MR) is 116 cm³/mol. The van der Waals surface area contributed by atoms with Gasteiger partial charge in [0.15, 0.2) is 5.58 Å². The van der Waals surface area contributed by atoms with Crippen LogP contribution in [0.2, 0.25) is 0 Å². The first-order chi connectivity index (χ1) is 14.4. The van der Waals surface area contributed by atoms with Crippen LogP contribution >= 0.6 is 0 Å². The molecule has 0 saturated carbocycles. The largest absolute Gasteiger partial charge is 0.444 e. The van der Waals surface area contributed by atoms with E-state index in [0.29, 0.717) is 6.54 Å². The number of piperidine rings is 1. The maximum Gasteiger partial charge on any atom is 0.410 e. The lowest BCUT2D eigenvalue weighted by molar-refractivity contribution is 0.0257. The number of oxazole rings is 1. The third-order valence-electron chi connectivity index (χ3n) is 5.72. The van der Waals surface area contributed by atoms with E-state index in [9.17, 15) is 4.79 Å². The summed E-state index contributed by atoms with van der Waals surface area (Å²) in [5.74, 6) is 0.810. The zero-order valence-electron chi connectivity index (χ0n) is 18.4. The van der Waals surface area contributed by atoms with Gasteiger partial charge in [0.1, 0.15) is 11.1 Å². The van der Waals surface area contributed by atoms with Gasteiger partial charge in [-0.1, -0.05) is 12.5 Å². The molecule has 2 aliphatic rings. The Hall–Kier alpha value is -2.12. The van der Waals surface area contributed by atoms with Gasteiger partial charge in [-0.05, 0) is 64.3 Å². The lowest BCUT2D eigenvalue weighted by Gasteiger charge is -2.26. The number of benzene rings is 1. The molecule has 1 atom stereocenters. The average Bonchev–Trinajstić information content (AvgIpc) is 2.98. The van der Waals surface area contributed by atoms with Gasteiger partial charge in [-0.2, -0.15) is 0 Å². The van der Waals surface area contributed by atoms with E-state index in [-0.39, 0.29) is 12.1 Å². The van der Waals surface area contributed by atoms with E-state index in [1.807, 2.05) is 31.7 Å². The Morgan fingerprint density at radius 3 is 2.83 bits per heavy atom. The molecule has 3 heterocycles. The second-order valence-corrected chi connectivity index (χ2v) is 9.45. The molecule has 1 aromatic heterocycles. The van der Waals surface area contributed by atoms with Gasteiger partial charge in [0, 0.05) is 32.7 Å². The van der Waals surface area contributed by atoms with Crippen molar-refractivity contribution in [3.8, 4) is 0 Å². The van der Waals surface area contributed by atoms with Crippen molar-refractivity contribution in [3.05, 3.63) is 29.7 Å². The van der Waals surface area contributed by atoms with E-state index in [1.165, 1.54) is 18.4 Å². The van der Waals surface area contributed by atoms with E-state index < -0.39 is 5.60 Å². The van der Waals surface area contributed by atoms with Crippen molar-refractivity contribution < 1.29 is 13.9 Å². The molecule has 2 fully saturated rings. The minimum absolute atomic E-state index is 0.211. The molecule has 4 rings (SSSR count). The topological polar surface area (TPSA) is 70.8 Å². The van der Waals surface area contributed by atoms with Crippen LogP contribution in [0, 0.1) is 0 Å². The molecule has 2 aromatic rings. The monoisotopic (exact) mass is 414 g/mol. The summed E-state index contributed by atoms with van der Waals surface area (Å²) >= 11 is 0. The summed E-state index contributed by atoms with van der Waals surface area (Å²) < 4.78 is 11.5. The third-order valence-corrected chi connectivity index (χ3v) is 5.72. The number of fused-ring (bicyclic) bond motifs is 1. The highest BCUT2D eigenvalue weighted by Gasteiger charge is 2.25. The van der Waals surface area contributed by atoms with Crippen molar-refractivity contribution in [1.29, 1.82) is 0 Å². The summed E-state index contributed by atoms with van der Waals surface area (Å²) in [4.78, 5) is 21.4. The number of amides is 1.